The maximum atomic E-state index is 11.7. The number of nitrogens with one attached hydrogen (secondary N) is 1. The van der Waals surface area contributed by atoms with Crippen molar-refractivity contribution in [3.05, 3.63) is 64.5 Å². The van der Waals surface area contributed by atoms with E-state index in [2.05, 4.69) is 51.9 Å². The van der Waals surface area contributed by atoms with Crippen molar-refractivity contribution in [1.29, 1.82) is 0 Å². The summed E-state index contributed by atoms with van der Waals surface area (Å²) in [5.41, 5.74) is 6.73. The fourth-order valence-corrected chi connectivity index (χ4v) is 3.57. The second kappa shape index (κ2) is 5.48. The predicted octanol–water partition coefficient (Wildman–Crippen LogP) is 5.08. The third kappa shape index (κ3) is 2.28. The number of benzene rings is 1. The zero-order valence-electron chi connectivity index (χ0n) is 12.5. The number of thiophene rings is 1. The molecular weight excluding hydrogens is 304 g/mol. The van der Waals surface area contributed by atoms with E-state index in [-0.39, 0.29) is 0 Å². The second-order valence-corrected chi connectivity index (χ2v) is 6.27. The molecule has 0 saturated heterocycles. The van der Waals surface area contributed by atoms with E-state index in [9.17, 15) is 4.79 Å². The molecule has 0 amide bonds. The molecule has 3 aromatic heterocycles. The smallest absolute Gasteiger partial charge is 0.152 e. The van der Waals surface area contributed by atoms with Crippen LogP contribution in [0.4, 0.5) is 0 Å². The van der Waals surface area contributed by atoms with Gasteiger partial charge in [0, 0.05) is 22.7 Å². The first-order valence-electron chi connectivity index (χ1n) is 7.33. The highest BCUT2D eigenvalue weighted by Crippen LogP contribution is 2.36. The molecule has 0 unspecified atom stereocenters. The number of rotatable bonds is 3. The van der Waals surface area contributed by atoms with Crippen LogP contribution < -0.4 is 0 Å². The van der Waals surface area contributed by atoms with Gasteiger partial charge in [-0.3, -0.25) is 4.79 Å². The van der Waals surface area contributed by atoms with Crippen molar-refractivity contribution in [3.8, 4) is 22.4 Å². The SMILES string of the molecule is Cc1ccc(-c2[nH]c3ncccc3c2C=O)c(-c2ccsc2)c1. The molecule has 4 heteroatoms. The molecule has 4 rings (SSSR count). The number of aromatic amines is 1. The molecule has 0 spiro atoms. The minimum atomic E-state index is 0.661. The van der Waals surface area contributed by atoms with Gasteiger partial charge in [-0.2, -0.15) is 11.3 Å². The number of hydrogen-bond donors (Lipinski definition) is 1. The topological polar surface area (TPSA) is 45.8 Å². The Kier molecular flexibility index (Phi) is 3.32. The molecule has 112 valence electrons. The summed E-state index contributed by atoms with van der Waals surface area (Å²) >= 11 is 1.67. The molecular formula is C19H14N2OS. The third-order valence-corrected chi connectivity index (χ3v) is 4.69. The van der Waals surface area contributed by atoms with Crippen molar-refractivity contribution < 1.29 is 4.79 Å². The van der Waals surface area contributed by atoms with E-state index in [1.54, 1.807) is 17.5 Å². The van der Waals surface area contributed by atoms with E-state index < -0.39 is 0 Å². The lowest BCUT2D eigenvalue weighted by Crippen LogP contribution is -1.89. The number of aldehydes is 1. The fraction of sp³-hybridized carbons (Fsp3) is 0.0526. The molecule has 0 fully saturated rings. The van der Waals surface area contributed by atoms with Crippen LogP contribution >= 0.6 is 11.3 Å². The van der Waals surface area contributed by atoms with Gasteiger partial charge in [0.25, 0.3) is 0 Å². The maximum absolute atomic E-state index is 11.7. The summed E-state index contributed by atoms with van der Waals surface area (Å²) in [6.07, 6.45) is 2.64. The number of H-pyrrole nitrogens is 1. The summed E-state index contributed by atoms with van der Waals surface area (Å²) in [7, 11) is 0. The first kappa shape index (κ1) is 13.9. The van der Waals surface area contributed by atoms with Gasteiger partial charge in [0.05, 0.1) is 5.69 Å². The van der Waals surface area contributed by atoms with Crippen LogP contribution in [0.5, 0.6) is 0 Å². The molecule has 23 heavy (non-hydrogen) atoms. The number of aryl methyl sites for hydroxylation is 1. The number of hydrogen-bond acceptors (Lipinski definition) is 3. The summed E-state index contributed by atoms with van der Waals surface area (Å²) in [4.78, 5) is 19.3. The molecule has 0 saturated carbocycles. The Labute approximate surface area is 137 Å². The Morgan fingerprint density at radius 1 is 1.17 bits per heavy atom. The number of carbonyl (C=O) groups is 1. The van der Waals surface area contributed by atoms with Gasteiger partial charge in [-0.1, -0.05) is 23.8 Å². The van der Waals surface area contributed by atoms with Gasteiger partial charge in [0.2, 0.25) is 0 Å². The van der Waals surface area contributed by atoms with Crippen molar-refractivity contribution in [2.45, 2.75) is 6.92 Å². The van der Waals surface area contributed by atoms with Crippen molar-refractivity contribution in [1.82, 2.24) is 9.97 Å². The van der Waals surface area contributed by atoms with Gasteiger partial charge < -0.3 is 4.98 Å². The Bertz CT molecular complexity index is 1000. The molecule has 0 radical (unpaired) electrons. The van der Waals surface area contributed by atoms with Gasteiger partial charge in [0.1, 0.15) is 5.65 Å². The van der Waals surface area contributed by atoms with Crippen LogP contribution in [0.15, 0.2) is 53.4 Å². The zero-order chi connectivity index (χ0) is 15.8. The van der Waals surface area contributed by atoms with Gasteiger partial charge in [-0.15, -0.1) is 0 Å². The minimum Gasteiger partial charge on any atom is -0.339 e. The first-order valence-corrected chi connectivity index (χ1v) is 8.27. The third-order valence-electron chi connectivity index (χ3n) is 4.01. The monoisotopic (exact) mass is 318 g/mol. The molecule has 1 aromatic carbocycles. The van der Waals surface area contributed by atoms with Crippen LogP contribution in [0.3, 0.4) is 0 Å². The van der Waals surface area contributed by atoms with E-state index in [1.165, 1.54) is 5.56 Å². The molecule has 3 nitrogen and oxygen atoms in total. The van der Waals surface area contributed by atoms with Crippen molar-refractivity contribution >= 4 is 28.7 Å². The first-order chi connectivity index (χ1) is 11.3. The average molecular weight is 318 g/mol. The Balaban J connectivity index is 2.04. The van der Waals surface area contributed by atoms with E-state index >= 15 is 0 Å². The number of fused-ring (bicyclic) bond motifs is 1. The molecule has 1 N–H and O–H groups in total. The highest BCUT2D eigenvalue weighted by molar-refractivity contribution is 7.08. The molecule has 0 aliphatic carbocycles. The fourth-order valence-electron chi connectivity index (χ4n) is 2.91. The zero-order valence-corrected chi connectivity index (χ0v) is 13.4. The van der Waals surface area contributed by atoms with Crippen LogP contribution in [0.2, 0.25) is 0 Å². The maximum Gasteiger partial charge on any atom is 0.152 e. The van der Waals surface area contributed by atoms with E-state index in [0.717, 1.165) is 39.7 Å². The van der Waals surface area contributed by atoms with Gasteiger partial charge in [0.15, 0.2) is 6.29 Å². The highest BCUT2D eigenvalue weighted by atomic mass is 32.1. The number of pyridine rings is 1. The summed E-state index contributed by atoms with van der Waals surface area (Å²) in [6, 6.07) is 12.2. The van der Waals surface area contributed by atoms with E-state index in [4.69, 9.17) is 0 Å². The summed E-state index contributed by atoms with van der Waals surface area (Å²) in [6.45, 7) is 2.08. The summed E-state index contributed by atoms with van der Waals surface area (Å²) < 4.78 is 0. The number of aromatic nitrogens is 2. The standard InChI is InChI=1S/C19H14N2OS/c1-12-4-5-14(16(9-12)13-6-8-23-11-13)18-17(10-22)15-3-2-7-20-19(15)21-18/h2-11H,1H3,(H,20,21). The van der Waals surface area contributed by atoms with Crippen molar-refractivity contribution in [2.75, 3.05) is 0 Å². The van der Waals surface area contributed by atoms with E-state index in [1.807, 2.05) is 12.1 Å². The molecule has 0 aliphatic heterocycles. The molecule has 4 aromatic rings. The Morgan fingerprint density at radius 3 is 2.87 bits per heavy atom. The van der Waals surface area contributed by atoms with Gasteiger partial charge in [-0.05, 0) is 47.0 Å². The molecule has 0 bridgehead atoms. The van der Waals surface area contributed by atoms with Crippen LogP contribution in [-0.4, -0.2) is 16.3 Å². The molecule has 0 aliphatic rings. The van der Waals surface area contributed by atoms with E-state index in [0.29, 0.717) is 5.56 Å². The molecule has 3 heterocycles. The molecule has 0 atom stereocenters. The lowest BCUT2D eigenvalue weighted by molar-refractivity contribution is 0.112. The van der Waals surface area contributed by atoms with Crippen molar-refractivity contribution in [2.24, 2.45) is 0 Å². The Hall–Kier alpha value is -2.72. The highest BCUT2D eigenvalue weighted by Gasteiger charge is 2.17. The van der Waals surface area contributed by atoms with Crippen LogP contribution in [0.1, 0.15) is 15.9 Å². The predicted molar refractivity (Wildman–Crippen MR) is 95.0 cm³/mol. The van der Waals surface area contributed by atoms with Crippen LogP contribution in [-0.2, 0) is 0 Å². The summed E-state index contributed by atoms with van der Waals surface area (Å²) in [5.74, 6) is 0. The number of carbonyl (C=O) groups excluding carboxylic acids is 1. The van der Waals surface area contributed by atoms with Crippen LogP contribution in [0, 0.1) is 6.92 Å². The lowest BCUT2D eigenvalue weighted by Gasteiger charge is -2.09. The van der Waals surface area contributed by atoms with Crippen LogP contribution in [0.25, 0.3) is 33.4 Å². The van der Waals surface area contributed by atoms with Gasteiger partial charge >= 0.3 is 0 Å². The van der Waals surface area contributed by atoms with Gasteiger partial charge in [-0.25, -0.2) is 4.98 Å². The second-order valence-electron chi connectivity index (χ2n) is 5.49. The Morgan fingerprint density at radius 2 is 2.09 bits per heavy atom. The van der Waals surface area contributed by atoms with Crippen molar-refractivity contribution in [3.63, 3.8) is 0 Å². The average Bonchev–Trinajstić information content (AvgIpc) is 3.22. The quantitative estimate of drug-likeness (QED) is 0.535. The largest absolute Gasteiger partial charge is 0.339 e. The number of nitrogens with zero attached hydrogens (tertiary/aromatic N) is 1. The normalized spacial score (nSPS) is 11.0. The summed E-state index contributed by atoms with van der Waals surface area (Å²) in [5, 5.41) is 5.04. The minimum absolute atomic E-state index is 0.661. The lowest BCUT2D eigenvalue weighted by atomic mass is 9.95.